The predicted molar refractivity (Wildman–Crippen MR) is 73.5 cm³/mol. The zero-order valence-corrected chi connectivity index (χ0v) is 10.9. The Kier molecular flexibility index (Phi) is 3.97. The third kappa shape index (κ3) is 2.66. The zero-order chi connectivity index (χ0) is 13.8. The molecule has 100 valence electrons. The van der Waals surface area contributed by atoms with E-state index in [0.717, 1.165) is 10.9 Å². The average Bonchev–Trinajstić information content (AvgIpc) is 2.39. The van der Waals surface area contributed by atoms with Crippen molar-refractivity contribution in [1.29, 1.82) is 0 Å². The van der Waals surface area contributed by atoms with E-state index in [1.54, 1.807) is 14.0 Å². The van der Waals surface area contributed by atoms with Gasteiger partial charge in [-0.1, -0.05) is 18.2 Å². The van der Waals surface area contributed by atoms with Gasteiger partial charge in [-0.25, -0.2) is 0 Å². The van der Waals surface area contributed by atoms with Crippen molar-refractivity contribution in [2.45, 2.75) is 6.92 Å². The molecular weight excluding hydrogens is 244 g/mol. The molecule has 0 aliphatic heterocycles. The van der Waals surface area contributed by atoms with Crippen LogP contribution < -0.4 is 10.9 Å². The van der Waals surface area contributed by atoms with Crippen LogP contribution in [0.2, 0.25) is 0 Å². The molecule has 5 nitrogen and oxygen atoms in total. The number of aromatic amines is 1. The predicted octanol–water partition coefficient (Wildman–Crippen LogP) is 1.21. The standard InChI is InChI=1S/C14H16N2O3/c1-9-10-5-3-4-6-11(10)16-14(18)12(9)13(17)15-7-8-19-2/h3-6H,7-8H2,1-2H3,(H,15,17)(H,16,18). The number of carbonyl (C=O) groups excluding carboxylic acids is 1. The summed E-state index contributed by atoms with van der Waals surface area (Å²) in [5.74, 6) is -0.374. The molecule has 2 aromatic rings. The van der Waals surface area contributed by atoms with Gasteiger partial charge in [0.2, 0.25) is 0 Å². The number of ether oxygens (including phenoxy) is 1. The summed E-state index contributed by atoms with van der Waals surface area (Å²) in [5.41, 5.74) is 1.22. The van der Waals surface area contributed by atoms with Crippen molar-refractivity contribution in [3.8, 4) is 0 Å². The summed E-state index contributed by atoms with van der Waals surface area (Å²) in [6.45, 7) is 2.57. The number of fused-ring (bicyclic) bond motifs is 1. The highest BCUT2D eigenvalue weighted by Gasteiger charge is 2.15. The molecule has 0 spiro atoms. The number of pyridine rings is 1. The SMILES string of the molecule is COCCNC(=O)c1c(C)c2ccccc2[nH]c1=O. The van der Waals surface area contributed by atoms with E-state index in [0.29, 0.717) is 18.7 Å². The minimum Gasteiger partial charge on any atom is -0.383 e. The number of nitrogens with one attached hydrogen (secondary N) is 2. The van der Waals surface area contributed by atoms with Gasteiger partial charge in [0.05, 0.1) is 6.61 Å². The molecule has 2 N–H and O–H groups in total. The topological polar surface area (TPSA) is 71.2 Å². The lowest BCUT2D eigenvalue weighted by Crippen LogP contribution is -2.32. The third-order valence-electron chi connectivity index (χ3n) is 3.00. The summed E-state index contributed by atoms with van der Waals surface area (Å²) in [6.07, 6.45) is 0. The van der Waals surface area contributed by atoms with Crippen LogP contribution in [0.4, 0.5) is 0 Å². The van der Waals surface area contributed by atoms with Gasteiger partial charge in [0.1, 0.15) is 5.56 Å². The summed E-state index contributed by atoms with van der Waals surface area (Å²) in [6, 6.07) is 7.42. The van der Waals surface area contributed by atoms with E-state index in [2.05, 4.69) is 10.3 Å². The van der Waals surface area contributed by atoms with Crippen LogP contribution in [0, 0.1) is 6.92 Å². The smallest absolute Gasteiger partial charge is 0.261 e. The molecule has 0 aliphatic rings. The van der Waals surface area contributed by atoms with Crippen LogP contribution in [0.5, 0.6) is 0 Å². The Balaban J connectivity index is 2.43. The van der Waals surface area contributed by atoms with E-state index in [1.165, 1.54) is 0 Å². The van der Waals surface area contributed by atoms with Crippen LogP contribution in [0.3, 0.4) is 0 Å². The summed E-state index contributed by atoms with van der Waals surface area (Å²) in [7, 11) is 1.56. The molecule has 0 atom stereocenters. The Bertz CT molecular complexity index is 661. The Morgan fingerprint density at radius 2 is 2.11 bits per heavy atom. The molecule has 1 heterocycles. The molecule has 0 saturated carbocycles. The molecule has 0 unspecified atom stereocenters. The van der Waals surface area contributed by atoms with E-state index in [1.807, 2.05) is 24.3 Å². The number of para-hydroxylation sites is 1. The van der Waals surface area contributed by atoms with Gasteiger partial charge in [0.25, 0.3) is 11.5 Å². The number of rotatable bonds is 4. The van der Waals surface area contributed by atoms with E-state index in [9.17, 15) is 9.59 Å². The fourth-order valence-electron chi connectivity index (χ4n) is 2.04. The van der Waals surface area contributed by atoms with Crippen molar-refractivity contribution in [1.82, 2.24) is 10.3 Å². The van der Waals surface area contributed by atoms with Crippen molar-refractivity contribution >= 4 is 16.8 Å². The van der Waals surface area contributed by atoms with Crippen LogP contribution >= 0.6 is 0 Å². The minimum absolute atomic E-state index is 0.162. The second kappa shape index (κ2) is 5.67. The largest absolute Gasteiger partial charge is 0.383 e. The molecule has 5 heteroatoms. The number of methoxy groups -OCH3 is 1. The highest BCUT2D eigenvalue weighted by molar-refractivity contribution is 5.99. The van der Waals surface area contributed by atoms with E-state index in [4.69, 9.17) is 4.74 Å². The first-order valence-electron chi connectivity index (χ1n) is 6.04. The average molecular weight is 260 g/mol. The normalized spacial score (nSPS) is 10.6. The number of aryl methyl sites for hydroxylation is 1. The summed E-state index contributed by atoms with van der Waals surface area (Å²) in [4.78, 5) is 26.7. The Morgan fingerprint density at radius 3 is 2.84 bits per heavy atom. The number of hydrogen-bond acceptors (Lipinski definition) is 3. The second-order valence-corrected chi connectivity index (χ2v) is 4.25. The first kappa shape index (κ1) is 13.3. The van der Waals surface area contributed by atoms with E-state index < -0.39 is 0 Å². The van der Waals surface area contributed by atoms with Gasteiger partial charge in [-0.05, 0) is 18.6 Å². The number of hydrogen-bond donors (Lipinski definition) is 2. The Labute approximate surface area is 110 Å². The van der Waals surface area contributed by atoms with Crippen LogP contribution in [0.1, 0.15) is 15.9 Å². The number of H-pyrrole nitrogens is 1. The van der Waals surface area contributed by atoms with Crippen LogP contribution in [-0.4, -0.2) is 31.2 Å². The van der Waals surface area contributed by atoms with Gasteiger partial charge in [-0.2, -0.15) is 0 Å². The van der Waals surface area contributed by atoms with E-state index in [-0.39, 0.29) is 17.0 Å². The van der Waals surface area contributed by atoms with Crippen LogP contribution in [0.15, 0.2) is 29.1 Å². The summed E-state index contributed by atoms with van der Waals surface area (Å²) < 4.78 is 4.86. The molecule has 19 heavy (non-hydrogen) atoms. The Morgan fingerprint density at radius 1 is 1.37 bits per heavy atom. The zero-order valence-electron chi connectivity index (χ0n) is 10.9. The molecule has 1 aromatic carbocycles. The maximum atomic E-state index is 12.0. The number of carbonyl (C=O) groups is 1. The fraction of sp³-hybridized carbons (Fsp3) is 0.286. The van der Waals surface area contributed by atoms with Gasteiger partial charge in [0, 0.05) is 24.6 Å². The lowest BCUT2D eigenvalue weighted by Gasteiger charge is -2.09. The highest BCUT2D eigenvalue weighted by Crippen LogP contribution is 2.16. The molecule has 0 radical (unpaired) electrons. The van der Waals surface area contributed by atoms with Crippen molar-refractivity contribution in [2.75, 3.05) is 20.3 Å². The van der Waals surface area contributed by atoms with Crippen molar-refractivity contribution < 1.29 is 9.53 Å². The maximum absolute atomic E-state index is 12.0. The molecule has 2 rings (SSSR count). The lowest BCUT2D eigenvalue weighted by atomic mass is 10.0. The number of amides is 1. The summed E-state index contributed by atoms with van der Waals surface area (Å²) >= 11 is 0. The second-order valence-electron chi connectivity index (χ2n) is 4.25. The Hall–Kier alpha value is -2.14. The van der Waals surface area contributed by atoms with Crippen LogP contribution in [0.25, 0.3) is 10.9 Å². The minimum atomic E-state index is -0.374. The fourth-order valence-corrected chi connectivity index (χ4v) is 2.04. The van der Waals surface area contributed by atoms with Crippen molar-refractivity contribution in [3.63, 3.8) is 0 Å². The molecule has 1 amide bonds. The van der Waals surface area contributed by atoms with Gasteiger partial charge in [-0.15, -0.1) is 0 Å². The maximum Gasteiger partial charge on any atom is 0.261 e. The number of aromatic nitrogens is 1. The first-order valence-corrected chi connectivity index (χ1v) is 6.04. The molecular formula is C14H16N2O3. The monoisotopic (exact) mass is 260 g/mol. The molecule has 0 saturated heterocycles. The highest BCUT2D eigenvalue weighted by atomic mass is 16.5. The molecule has 0 fully saturated rings. The van der Waals surface area contributed by atoms with Gasteiger partial charge in [0.15, 0.2) is 0 Å². The number of benzene rings is 1. The van der Waals surface area contributed by atoms with Crippen molar-refractivity contribution in [2.24, 2.45) is 0 Å². The summed E-state index contributed by atoms with van der Waals surface area (Å²) in [5, 5.41) is 3.54. The quantitative estimate of drug-likeness (QED) is 0.812. The molecule has 0 bridgehead atoms. The third-order valence-corrected chi connectivity index (χ3v) is 3.00. The van der Waals surface area contributed by atoms with E-state index >= 15 is 0 Å². The van der Waals surface area contributed by atoms with Gasteiger partial charge < -0.3 is 15.0 Å². The van der Waals surface area contributed by atoms with Crippen molar-refractivity contribution in [3.05, 3.63) is 45.7 Å². The van der Waals surface area contributed by atoms with Crippen LogP contribution in [-0.2, 0) is 4.74 Å². The lowest BCUT2D eigenvalue weighted by molar-refractivity contribution is 0.0935. The van der Waals surface area contributed by atoms with Gasteiger partial charge >= 0.3 is 0 Å². The first-order chi connectivity index (χ1) is 9.15. The van der Waals surface area contributed by atoms with Gasteiger partial charge in [-0.3, -0.25) is 9.59 Å². The molecule has 1 aromatic heterocycles. The molecule has 0 aliphatic carbocycles.